The van der Waals surface area contributed by atoms with Gasteiger partial charge >= 0.3 is 0 Å². The zero-order chi connectivity index (χ0) is 23.8. The predicted molar refractivity (Wildman–Crippen MR) is 132 cm³/mol. The minimum absolute atomic E-state index is 0.0555. The van der Waals surface area contributed by atoms with Gasteiger partial charge in [-0.05, 0) is 50.3 Å². The summed E-state index contributed by atoms with van der Waals surface area (Å²) in [6, 6.07) is 17.9. The maximum absolute atomic E-state index is 13.7. The first-order chi connectivity index (χ1) is 15.9. The van der Waals surface area contributed by atoms with Gasteiger partial charge in [0.1, 0.15) is 11.8 Å². The largest absolute Gasteiger partial charge is 0.381 e. The molecule has 2 amide bonds. The van der Waals surface area contributed by atoms with Crippen molar-refractivity contribution in [1.29, 1.82) is 0 Å². The number of thiol groups is 1. The molecule has 0 aromatic heterocycles. The van der Waals surface area contributed by atoms with Gasteiger partial charge in [0.05, 0.1) is 16.8 Å². The van der Waals surface area contributed by atoms with Crippen molar-refractivity contribution >= 4 is 35.9 Å². The summed E-state index contributed by atoms with van der Waals surface area (Å²) < 4.78 is 5.46. The highest BCUT2D eigenvalue weighted by molar-refractivity contribution is 7.81. The van der Waals surface area contributed by atoms with Crippen LogP contribution in [0.3, 0.4) is 0 Å². The highest BCUT2D eigenvalue weighted by atomic mass is 32.1. The van der Waals surface area contributed by atoms with Crippen LogP contribution in [0.1, 0.15) is 38.2 Å². The minimum atomic E-state index is -0.980. The molecule has 6 nitrogen and oxygen atoms in total. The second-order valence-corrected chi connectivity index (χ2v) is 9.19. The first kappa shape index (κ1) is 25.0. The lowest BCUT2D eigenvalue weighted by Crippen LogP contribution is -2.56. The Labute approximate surface area is 200 Å². The van der Waals surface area contributed by atoms with Crippen LogP contribution in [0.25, 0.3) is 0 Å². The molecule has 0 aliphatic heterocycles. The number of nitrogens with one attached hydrogen (secondary N) is 2. The van der Waals surface area contributed by atoms with Crippen molar-refractivity contribution in [3.8, 4) is 0 Å². The van der Waals surface area contributed by atoms with Gasteiger partial charge in [-0.15, -0.1) is 0 Å². The fourth-order valence-corrected chi connectivity index (χ4v) is 4.84. The number of carbonyl (C=O) groups is 3. The van der Waals surface area contributed by atoms with E-state index in [1.165, 1.54) is 6.92 Å². The number of Topliss-reactive ketones (excluding diaryl/α,β-unsaturated/α-hetero) is 1. The van der Waals surface area contributed by atoms with Gasteiger partial charge in [0.25, 0.3) is 0 Å². The monoisotopic (exact) mass is 468 g/mol. The van der Waals surface area contributed by atoms with E-state index in [0.29, 0.717) is 37.8 Å². The van der Waals surface area contributed by atoms with Crippen molar-refractivity contribution in [2.24, 2.45) is 5.41 Å². The number of ketones is 1. The molecule has 3 rings (SSSR count). The number of para-hydroxylation sites is 1. The molecule has 2 unspecified atom stereocenters. The van der Waals surface area contributed by atoms with Gasteiger partial charge in [-0.2, -0.15) is 12.6 Å². The van der Waals surface area contributed by atoms with E-state index < -0.39 is 16.7 Å². The topological polar surface area (TPSA) is 84.5 Å². The molecule has 1 fully saturated rings. The Balaban J connectivity index is 1.84. The van der Waals surface area contributed by atoms with E-state index in [9.17, 15) is 14.4 Å². The molecule has 1 aliphatic carbocycles. The molecule has 0 spiro atoms. The summed E-state index contributed by atoms with van der Waals surface area (Å²) in [4.78, 5) is 39.2. The summed E-state index contributed by atoms with van der Waals surface area (Å²) in [5.74, 6) is -0.772. The van der Waals surface area contributed by atoms with Gasteiger partial charge in [0.2, 0.25) is 11.8 Å². The van der Waals surface area contributed by atoms with Gasteiger partial charge in [0, 0.05) is 19.2 Å². The summed E-state index contributed by atoms with van der Waals surface area (Å²) in [6.45, 7) is 1.46. The van der Waals surface area contributed by atoms with Gasteiger partial charge in [0.15, 0.2) is 0 Å². The Bertz CT molecular complexity index is 943. The van der Waals surface area contributed by atoms with Crippen molar-refractivity contribution in [3.05, 3.63) is 66.2 Å². The molecule has 1 aliphatic rings. The molecule has 0 saturated heterocycles. The van der Waals surface area contributed by atoms with Crippen LogP contribution in [0.5, 0.6) is 0 Å². The van der Waals surface area contributed by atoms with Crippen LogP contribution >= 0.6 is 12.6 Å². The number of hydrogen-bond acceptors (Lipinski definition) is 5. The van der Waals surface area contributed by atoms with Crippen molar-refractivity contribution in [2.45, 2.75) is 56.4 Å². The zero-order valence-corrected chi connectivity index (χ0v) is 20.0. The summed E-state index contributed by atoms with van der Waals surface area (Å²) in [7, 11) is 1.66. The number of amides is 2. The molecule has 0 bridgehead atoms. The fourth-order valence-electron chi connectivity index (χ4n) is 4.47. The third kappa shape index (κ3) is 6.24. The zero-order valence-electron chi connectivity index (χ0n) is 19.1. The average Bonchev–Trinajstić information content (AvgIpc) is 2.84. The standard InChI is InChI=1S/C26H32N2O4S/c1-18(29)23(33)26(15-13-21(32-2)14-16-26)25(31)28-22(17-19-9-5-3-6-10-19)24(30)27-20-11-7-4-8-12-20/h3-12,21-23,33H,13-17H2,1-2H3,(H,27,30)(H,28,31). The van der Waals surface area contributed by atoms with Crippen molar-refractivity contribution in [1.82, 2.24) is 5.32 Å². The molecule has 0 radical (unpaired) electrons. The predicted octanol–water partition coefficient (Wildman–Crippen LogP) is 3.82. The third-order valence-corrected chi connectivity index (χ3v) is 7.32. The van der Waals surface area contributed by atoms with Crippen molar-refractivity contribution < 1.29 is 19.1 Å². The second-order valence-electron chi connectivity index (χ2n) is 8.68. The van der Waals surface area contributed by atoms with Crippen molar-refractivity contribution in [3.63, 3.8) is 0 Å². The van der Waals surface area contributed by atoms with Crippen molar-refractivity contribution in [2.75, 3.05) is 12.4 Å². The number of ether oxygens (including phenoxy) is 1. The quantitative estimate of drug-likeness (QED) is 0.489. The molecular formula is C26H32N2O4S. The molecule has 0 heterocycles. The van der Waals surface area contributed by atoms with E-state index in [0.717, 1.165) is 5.56 Å². The molecular weight excluding hydrogens is 436 g/mol. The van der Waals surface area contributed by atoms with E-state index in [1.54, 1.807) is 19.2 Å². The first-order valence-electron chi connectivity index (χ1n) is 11.3. The molecule has 1 saturated carbocycles. The Hall–Kier alpha value is -2.64. The molecule has 7 heteroatoms. The van der Waals surface area contributed by atoms with E-state index in [4.69, 9.17) is 4.74 Å². The Morgan fingerprint density at radius 3 is 2.15 bits per heavy atom. The maximum Gasteiger partial charge on any atom is 0.247 e. The third-order valence-electron chi connectivity index (χ3n) is 6.46. The number of benzene rings is 2. The van der Waals surface area contributed by atoms with E-state index in [2.05, 4.69) is 23.3 Å². The van der Waals surface area contributed by atoms with Crippen LogP contribution in [0.15, 0.2) is 60.7 Å². The highest BCUT2D eigenvalue weighted by Crippen LogP contribution is 2.43. The number of hydrogen-bond donors (Lipinski definition) is 3. The summed E-state index contributed by atoms with van der Waals surface area (Å²) in [5.41, 5.74) is 0.601. The molecule has 2 atom stereocenters. The molecule has 2 aromatic carbocycles. The average molecular weight is 469 g/mol. The van der Waals surface area contributed by atoms with Gasteiger partial charge in [-0.25, -0.2) is 0 Å². The molecule has 2 N–H and O–H groups in total. The van der Waals surface area contributed by atoms with Crippen LogP contribution in [0.2, 0.25) is 0 Å². The second kappa shape index (κ2) is 11.5. The summed E-state index contributed by atoms with van der Waals surface area (Å²) in [6.07, 6.45) is 2.66. The van der Waals surface area contributed by atoms with E-state index in [1.807, 2.05) is 48.5 Å². The lowest BCUT2D eigenvalue weighted by Gasteiger charge is -2.42. The SMILES string of the molecule is COC1CCC(C(=O)NC(Cc2ccccc2)C(=O)Nc2ccccc2)(C(S)C(C)=O)CC1. The van der Waals surface area contributed by atoms with E-state index in [-0.39, 0.29) is 23.7 Å². The maximum atomic E-state index is 13.7. The lowest BCUT2D eigenvalue weighted by atomic mass is 9.69. The fraction of sp³-hybridized carbons (Fsp3) is 0.423. The minimum Gasteiger partial charge on any atom is -0.381 e. The number of carbonyl (C=O) groups excluding carboxylic acids is 3. The van der Waals surface area contributed by atoms with Gasteiger partial charge in [-0.1, -0.05) is 48.5 Å². The molecule has 33 heavy (non-hydrogen) atoms. The van der Waals surface area contributed by atoms with Gasteiger partial charge < -0.3 is 15.4 Å². The molecule has 2 aromatic rings. The smallest absolute Gasteiger partial charge is 0.247 e. The Kier molecular flexibility index (Phi) is 8.69. The lowest BCUT2D eigenvalue weighted by molar-refractivity contribution is -0.140. The summed E-state index contributed by atoms with van der Waals surface area (Å²) >= 11 is 4.55. The van der Waals surface area contributed by atoms with Gasteiger partial charge in [-0.3, -0.25) is 14.4 Å². The number of methoxy groups -OCH3 is 1. The van der Waals surface area contributed by atoms with E-state index >= 15 is 0 Å². The molecule has 176 valence electrons. The Morgan fingerprint density at radius 1 is 1.03 bits per heavy atom. The van der Waals surface area contributed by atoms with Crippen LogP contribution < -0.4 is 10.6 Å². The normalized spacial score (nSPS) is 22.1. The summed E-state index contributed by atoms with van der Waals surface area (Å²) in [5, 5.41) is 5.12. The van der Waals surface area contributed by atoms with Crippen LogP contribution in [-0.4, -0.2) is 42.1 Å². The van der Waals surface area contributed by atoms with Crippen LogP contribution in [0, 0.1) is 5.41 Å². The number of anilines is 1. The highest BCUT2D eigenvalue weighted by Gasteiger charge is 2.49. The Morgan fingerprint density at radius 2 is 1.61 bits per heavy atom. The van der Waals surface area contributed by atoms with Crippen LogP contribution in [0.4, 0.5) is 5.69 Å². The van der Waals surface area contributed by atoms with Crippen LogP contribution in [-0.2, 0) is 25.5 Å². The number of rotatable bonds is 9. The first-order valence-corrected chi connectivity index (χ1v) is 11.8.